The number of hydrogen-bond donors (Lipinski definition) is 1. The highest BCUT2D eigenvalue weighted by atomic mass is 16.5. The van der Waals surface area contributed by atoms with E-state index in [0.29, 0.717) is 23.6 Å². The Balaban J connectivity index is 2.30. The van der Waals surface area contributed by atoms with E-state index in [9.17, 15) is 4.79 Å². The van der Waals surface area contributed by atoms with E-state index >= 15 is 0 Å². The van der Waals surface area contributed by atoms with Gasteiger partial charge in [-0.1, -0.05) is 30.3 Å². The number of rotatable bonds is 6. The Morgan fingerprint density at radius 1 is 1.05 bits per heavy atom. The Morgan fingerprint density at radius 3 is 2.24 bits per heavy atom. The van der Waals surface area contributed by atoms with Crippen LogP contribution in [0.3, 0.4) is 0 Å². The van der Waals surface area contributed by atoms with Gasteiger partial charge in [-0.2, -0.15) is 0 Å². The van der Waals surface area contributed by atoms with Crippen LogP contribution in [0, 0.1) is 0 Å². The number of Topliss-reactive ketones (excluding diaryl/α,β-unsaturated/α-hetero) is 1. The van der Waals surface area contributed by atoms with E-state index in [0.717, 1.165) is 11.3 Å². The number of methoxy groups -OCH3 is 2. The van der Waals surface area contributed by atoms with E-state index in [-0.39, 0.29) is 5.78 Å². The van der Waals surface area contributed by atoms with Gasteiger partial charge in [0.1, 0.15) is 0 Å². The maximum Gasteiger partial charge on any atom is 0.162 e. The summed E-state index contributed by atoms with van der Waals surface area (Å²) >= 11 is 0. The van der Waals surface area contributed by atoms with Crippen molar-refractivity contribution in [2.45, 2.75) is 13.5 Å². The van der Waals surface area contributed by atoms with Crippen LogP contribution in [0.2, 0.25) is 0 Å². The molecule has 0 unspecified atom stereocenters. The summed E-state index contributed by atoms with van der Waals surface area (Å²) in [5.41, 5.74) is 2.47. The van der Waals surface area contributed by atoms with Crippen molar-refractivity contribution >= 4 is 11.5 Å². The van der Waals surface area contributed by atoms with Crippen molar-refractivity contribution in [2.24, 2.45) is 0 Å². The first-order valence-electron chi connectivity index (χ1n) is 6.70. The lowest BCUT2D eigenvalue weighted by molar-refractivity contribution is 0.101. The van der Waals surface area contributed by atoms with Crippen molar-refractivity contribution in [3.63, 3.8) is 0 Å². The molecule has 2 aromatic rings. The summed E-state index contributed by atoms with van der Waals surface area (Å²) in [6.45, 7) is 2.17. The molecule has 0 aromatic heterocycles. The first-order valence-corrected chi connectivity index (χ1v) is 6.70. The first-order chi connectivity index (χ1) is 10.2. The molecule has 0 saturated heterocycles. The number of nitrogens with one attached hydrogen (secondary N) is 1. The lowest BCUT2D eigenvalue weighted by atomic mass is 10.1. The predicted octanol–water partition coefficient (Wildman–Crippen LogP) is 3.52. The zero-order valence-corrected chi connectivity index (χ0v) is 12.5. The summed E-state index contributed by atoms with van der Waals surface area (Å²) in [6, 6.07) is 13.5. The van der Waals surface area contributed by atoms with E-state index in [4.69, 9.17) is 9.47 Å². The lowest BCUT2D eigenvalue weighted by Crippen LogP contribution is -2.06. The van der Waals surface area contributed by atoms with Gasteiger partial charge in [0.05, 0.1) is 14.2 Å². The van der Waals surface area contributed by atoms with Gasteiger partial charge in [-0.05, 0) is 18.6 Å². The lowest BCUT2D eigenvalue weighted by Gasteiger charge is -2.15. The monoisotopic (exact) mass is 285 g/mol. The fourth-order valence-corrected chi connectivity index (χ4v) is 2.11. The second kappa shape index (κ2) is 6.79. The summed E-state index contributed by atoms with van der Waals surface area (Å²) in [7, 11) is 3.13. The van der Waals surface area contributed by atoms with Gasteiger partial charge in [-0.15, -0.1) is 0 Å². The van der Waals surface area contributed by atoms with Crippen molar-refractivity contribution in [1.29, 1.82) is 0 Å². The summed E-state index contributed by atoms with van der Waals surface area (Å²) in [5, 5.41) is 3.28. The van der Waals surface area contributed by atoms with Crippen LogP contribution in [0.25, 0.3) is 0 Å². The highest BCUT2D eigenvalue weighted by Gasteiger charge is 2.14. The first kappa shape index (κ1) is 14.9. The second-order valence-corrected chi connectivity index (χ2v) is 4.65. The molecule has 4 nitrogen and oxygen atoms in total. The zero-order valence-electron chi connectivity index (χ0n) is 12.5. The van der Waals surface area contributed by atoms with Crippen molar-refractivity contribution < 1.29 is 14.3 Å². The molecule has 0 aliphatic rings. The molecule has 0 aliphatic heterocycles. The Morgan fingerprint density at radius 2 is 1.67 bits per heavy atom. The minimum absolute atomic E-state index is 0.0217. The Bertz CT molecular complexity index is 623. The molecule has 4 heteroatoms. The summed E-state index contributed by atoms with van der Waals surface area (Å²) in [5.74, 6) is 1.12. The summed E-state index contributed by atoms with van der Waals surface area (Å²) < 4.78 is 10.5. The highest BCUT2D eigenvalue weighted by Crippen LogP contribution is 2.33. The fraction of sp³-hybridized carbons (Fsp3) is 0.235. The van der Waals surface area contributed by atoms with Gasteiger partial charge in [0, 0.05) is 23.9 Å². The van der Waals surface area contributed by atoms with Crippen LogP contribution in [0.15, 0.2) is 42.5 Å². The minimum Gasteiger partial charge on any atom is -0.493 e. The molecule has 0 bridgehead atoms. The summed E-state index contributed by atoms with van der Waals surface area (Å²) in [6.07, 6.45) is 0. The molecule has 0 fully saturated rings. The molecular weight excluding hydrogens is 266 g/mol. The van der Waals surface area contributed by atoms with Crippen LogP contribution < -0.4 is 14.8 Å². The van der Waals surface area contributed by atoms with E-state index in [1.807, 2.05) is 30.3 Å². The number of ketones is 1. The molecular formula is C17H19NO3. The van der Waals surface area contributed by atoms with Gasteiger partial charge in [0.25, 0.3) is 0 Å². The summed E-state index contributed by atoms with van der Waals surface area (Å²) in [4.78, 5) is 11.8. The number of carbonyl (C=O) groups is 1. The molecule has 110 valence electrons. The van der Waals surface area contributed by atoms with Crippen molar-refractivity contribution in [2.75, 3.05) is 19.5 Å². The SMILES string of the molecule is COc1cc(NCc2ccccc2)c(C(C)=O)cc1OC. The molecule has 21 heavy (non-hydrogen) atoms. The maximum atomic E-state index is 11.8. The van der Waals surface area contributed by atoms with Gasteiger partial charge in [-0.25, -0.2) is 0 Å². The number of anilines is 1. The number of carbonyl (C=O) groups excluding carboxylic acids is 1. The Kier molecular flexibility index (Phi) is 4.82. The van der Waals surface area contributed by atoms with Crippen LogP contribution in [-0.2, 0) is 6.54 Å². The Labute approximate surface area is 124 Å². The third kappa shape index (κ3) is 3.54. The van der Waals surface area contributed by atoms with Crippen LogP contribution in [0.5, 0.6) is 11.5 Å². The third-order valence-corrected chi connectivity index (χ3v) is 3.23. The highest BCUT2D eigenvalue weighted by molar-refractivity contribution is 6.00. The molecule has 2 rings (SSSR count). The smallest absolute Gasteiger partial charge is 0.162 e. The van der Waals surface area contributed by atoms with Crippen molar-refractivity contribution in [3.05, 3.63) is 53.6 Å². The van der Waals surface area contributed by atoms with E-state index in [2.05, 4.69) is 5.32 Å². The topological polar surface area (TPSA) is 47.6 Å². The molecule has 0 amide bonds. The molecule has 1 N–H and O–H groups in total. The number of ether oxygens (including phenoxy) is 2. The number of hydrogen-bond acceptors (Lipinski definition) is 4. The largest absolute Gasteiger partial charge is 0.493 e. The maximum absolute atomic E-state index is 11.8. The molecule has 0 saturated carbocycles. The fourth-order valence-electron chi connectivity index (χ4n) is 2.11. The van der Waals surface area contributed by atoms with Gasteiger partial charge in [-0.3, -0.25) is 4.79 Å². The molecule has 0 radical (unpaired) electrons. The van der Waals surface area contributed by atoms with Crippen LogP contribution in [0.4, 0.5) is 5.69 Å². The van der Waals surface area contributed by atoms with Crippen LogP contribution >= 0.6 is 0 Å². The Hall–Kier alpha value is -2.49. The zero-order chi connectivity index (χ0) is 15.2. The number of benzene rings is 2. The van der Waals surface area contributed by atoms with Gasteiger partial charge < -0.3 is 14.8 Å². The predicted molar refractivity (Wildman–Crippen MR) is 83.3 cm³/mol. The van der Waals surface area contributed by atoms with Gasteiger partial charge in [0.15, 0.2) is 17.3 Å². The molecule has 0 spiro atoms. The van der Waals surface area contributed by atoms with Crippen molar-refractivity contribution in [1.82, 2.24) is 0 Å². The van der Waals surface area contributed by atoms with Crippen LogP contribution in [-0.4, -0.2) is 20.0 Å². The van der Waals surface area contributed by atoms with Crippen LogP contribution in [0.1, 0.15) is 22.8 Å². The van der Waals surface area contributed by atoms with Gasteiger partial charge >= 0.3 is 0 Å². The average Bonchev–Trinajstić information content (AvgIpc) is 2.52. The molecule has 0 aliphatic carbocycles. The molecule has 2 aromatic carbocycles. The van der Waals surface area contributed by atoms with Gasteiger partial charge in [0.2, 0.25) is 0 Å². The quantitative estimate of drug-likeness (QED) is 0.825. The van der Waals surface area contributed by atoms with E-state index in [1.54, 1.807) is 26.4 Å². The molecule has 0 atom stereocenters. The third-order valence-electron chi connectivity index (χ3n) is 3.23. The van der Waals surface area contributed by atoms with E-state index < -0.39 is 0 Å². The second-order valence-electron chi connectivity index (χ2n) is 4.65. The standard InChI is InChI=1S/C17H19NO3/c1-12(19)14-9-16(20-2)17(21-3)10-15(14)18-11-13-7-5-4-6-8-13/h4-10,18H,11H2,1-3H3. The van der Waals surface area contributed by atoms with E-state index in [1.165, 1.54) is 6.92 Å². The average molecular weight is 285 g/mol. The molecule has 0 heterocycles. The normalized spacial score (nSPS) is 10.0. The van der Waals surface area contributed by atoms with Crippen molar-refractivity contribution in [3.8, 4) is 11.5 Å². The minimum atomic E-state index is -0.0217.